The van der Waals surface area contributed by atoms with Gasteiger partial charge in [-0.2, -0.15) is 8.42 Å². The largest absolute Gasteiger partial charge is 0.417 e. The Morgan fingerprint density at radius 1 is 1.19 bits per heavy atom. The second-order valence-corrected chi connectivity index (χ2v) is 5.55. The van der Waals surface area contributed by atoms with Crippen LogP contribution in [0.4, 0.5) is 3.89 Å². The summed E-state index contributed by atoms with van der Waals surface area (Å²) in [5.74, 6) is 0. The summed E-state index contributed by atoms with van der Waals surface area (Å²) in [5.41, 5.74) is 1.70. The Labute approximate surface area is 95.4 Å². The summed E-state index contributed by atoms with van der Waals surface area (Å²) in [7, 11) is -4.79. The smallest absolute Gasteiger partial charge is 0.170 e. The van der Waals surface area contributed by atoms with E-state index in [2.05, 4.69) is 25.2 Å². The van der Waals surface area contributed by atoms with E-state index >= 15 is 0 Å². The van der Waals surface area contributed by atoms with Gasteiger partial charge >= 0.3 is 10.4 Å². The highest BCUT2D eigenvalue weighted by Crippen LogP contribution is 2.21. The van der Waals surface area contributed by atoms with Gasteiger partial charge in [-0.1, -0.05) is 48.9 Å². The van der Waals surface area contributed by atoms with E-state index < -0.39 is 10.4 Å². The molecule has 0 aromatic heterocycles. The van der Waals surface area contributed by atoms with Gasteiger partial charge in [0.2, 0.25) is 0 Å². The molecule has 1 aromatic carbocycles. The Hall–Kier alpha value is -1.23. The van der Waals surface area contributed by atoms with Crippen molar-refractivity contribution in [2.24, 2.45) is 4.40 Å². The van der Waals surface area contributed by atoms with Crippen molar-refractivity contribution in [1.29, 1.82) is 0 Å². The second-order valence-electron chi connectivity index (χ2n) is 4.52. The Kier molecular flexibility index (Phi) is 3.48. The van der Waals surface area contributed by atoms with Crippen molar-refractivity contribution in [3.63, 3.8) is 0 Å². The van der Waals surface area contributed by atoms with Crippen LogP contribution in [0.1, 0.15) is 31.9 Å². The van der Waals surface area contributed by atoms with Crippen LogP contribution in [0.3, 0.4) is 0 Å². The van der Waals surface area contributed by atoms with Crippen LogP contribution < -0.4 is 0 Å². The van der Waals surface area contributed by atoms with E-state index in [1.807, 2.05) is 12.1 Å². The van der Waals surface area contributed by atoms with Crippen LogP contribution in [0, 0.1) is 0 Å². The molecule has 0 atom stereocenters. The minimum absolute atomic E-state index is 0.0296. The van der Waals surface area contributed by atoms with Gasteiger partial charge in [0.1, 0.15) is 0 Å². The van der Waals surface area contributed by atoms with Crippen LogP contribution in [0.5, 0.6) is 0 Å². The standard InChI is InChI=1S/C11H14FNO2S/c1-11(2,3)10-6-4-9(5-7-10)8-13-16(12,14)15/h4-8H,1-3H3/b13-8+. The average molecular weight is 243 g/mol. The Balaban J connectivity index is 2.93. The Morgan fingerprint density at radius 3 is 2.06 bits per heavy atom. The van der Waals surface area contributed by atoms with Gasteiger partial charge in [0.25, 0.3) is 0 Å². The molecule has 0 saturated heterocycles. The monoisotopic (exact) mass is 243 g/mol. The zero-order valence-corrected chi connectivity index (χ0v) is 10.3. The third kappa shape index (κ3) is 4.10. The maximum absolute atomic E-state index is 12.1. The highest BCUT2D eigenvalue weighted by Gasteiger charge is 2.12. The normalized spacial score (nSPS) is 13.2. The maximum Gasteiger partial charge on any atom is 0.417 e. The number of halogens is 1. The molecule has 0 spiro atoms. The van der Waals surface area contributed by atoms with Crippen molar-refractivity contribution in [1.82, 2.24) is 0 Å². The van der Waals surface area contributed by atoms with Crippen molar-refractivity contribution in [2.45, 2.75) is 26.2 Å². The molecule has 5 heteroatoms. The van der Waals surface area contributed by atoms with E-state index in [9.17, 15) is 12.3 Å². The van der Waals surface area contributed by atoms with Gasteiger partial charge in [-0.15, -0.1) is 4.40 Å². The lowest BCUT2D eigenvalue weighted by molar-refractivity contribution is 0.554. The zero-order valence-electron chi connectivity index (χ0n) is 9.44. The molecule has 1 aromatic rings. The lowest BCUT2D eigenvalue weighted by atomic mass is 9.87. The lowest BCUT2D eigenvalue weighted by Crippen LogP contribution is -2.10. The van der Waals surface area contributed by atoms with Gasteiger partial charge < -0.3 is 0 Å². The number of hydrogen-bond acceptors (Lipinski definition) is 2. The van der Waals surface area contributed by atoms with E-state index in [1.165, 1.54) is 0 Å². The number of rotatable bonds is 2. The third-order valence-electron chi connectivity index (χ3n) is 2.10. The first-order valence-corrected chi connectivity index (χ1v) is 6.13. The molecule has 0 fully saturated rings. The Morgan fingerprint density at radius 2 is 1.69 bits per heavy atom. The first-order valence-electron chi connectivity index (χ1n) is 4.79. The van der Waals surface area contributed by atoms with Gasteiger partial charge in [-0.05, 0) is 16.5 Å². The summed E-state index contributed by atoms with van der Waals surface area (Å²) < 4.78 is 35.2. The Bertz CT molecular complexity index is 484. The van der Waals surface area contributed by atoms with Crippen LogP contribution >= 0.6 is 0 Å². The highest BCUT2D eigenvalue weighted by atomic mass is 32.3. The van der Waals surface area contributed by atoms with Gasteiger partial charge in [0.05, 0.1) is 6.21 Å². The summed E-state index contributed by atoms with van der Waals surface area (Å²) in [6.45, 7) is 6.21. The topological polar surface area (TPSA) is 46.5 Å². The second kappa shape index (κ2) is 4.33. The number of hydrogen-bond donors (Lipinski definition) is 0. The fourth-order valence-corrected chi connectivity index (χ4v) is 1.44. The van der Waals surface area contributed by atoms with Crippen LogP contribution in [0.2, 0.25) is 0 Å². The summed E-state index contributed by atoms with van der Waals surface area (Å²) in [6, 6.07) is 7.14. The molecular weight excluding hydrogens is 229 g/mol. The van der Waals surface area contributed by atoms with Gasteiger partial charge in [0, 0.05) is 0 Å². The van der Waals surface area contributed by atoms with Crippen LogP contribution in [0.15, 0.2) is 28.7 Å². The molecule has 16 heavy (non-hydrogen) atoms. The zero-order chi connectivity index (χ0) is 12.4. The molecule has 0 unspecified atom stereocenters. The molecule has 0 heterocycles. The average Bonchev–Trinajstić information content (AvgIpc) is 2.13. The van der Waals surface area contributed by atoms with Crippen molar-refractivity contribution >= 4 is 16.6 Å². The van der Waals surface area contributed by atoms with Crippen LogP contribution in [-0.4, -0.2) is 14.6 Å². The van der Waals surface area contributed by atoms with Gasteiger partial charge in [-0.25, -0.2) is 0 Å². The molecule has 0 bridgehead atoms. The highest BCUT2D eigenvalue weighted by molar-refractivity contribution is 7.85. The molecule has 3 nitrogen and oxygen atoms in total. The predicted molar refractivity (Wildman–Crippen MR) is 62.8 cm³/mol. The number of benzene rings is 1. The molecular formula is C11H14FNO2S. The summed E-state index contributed by atoms with van der Waals surface area (Å²) >= 11 is 0. The van der Waals surface area contributed by atoms with E-state index in [0.29, 0.717) is 5.56 Å². The van der Waals surface area contributed by atoms with E-state index in [0.717, 1.165) is 11.8 Å². The quantitative estimate of drug-likeness (QED) is 0.592. The summed E-state index contributed by atoms with van der Waals surface area (Å²) in [6.07, 6.45) is 0.988. The molecule has 1 rings (SSSR count). The van der Waals surface area contributed by atoms with Crippen molar-refractivity contribution in [2.75, 3.05) is 0 Å². The van der Waals surface area contributed by atoms with Crippen LogP contribution in [0.25, 0.3) is 0 Å². The van der Waals surface area contributed by atoms with E-state index in [1.54, 1.807) is 12.1 Å². The fourth-order valence-electron chi connectivity index (χ4n) is 1.19. The third-order valence-corrected chi connectivity index (χ3v) is 2.46. The molecule has 0 saturated carbocycles. The fraction of sp³-hybridized carbons (Fsp3) is 0.364. The van der Waals surface area contributed by atoms with Crippen LogP contribution in [-0.2, 0) is 15.8 Å². The molecule has 0 aliphatic rings. The first-order chi connectivity index (χ1) is 7.18. The molecule has 0 aliphatic heterocycles. The molecule has 0 N–H and O–H groups in total. The van der Waals surface area contributed by atoms with Crippen molar-refractivity contribution in [3.05, 3.63) is 35.4 Å². The minimum Gasteiger partial charge on any atom is -0.170 e. The molecule has 0 aliphatic carbocycles. The van der Waals surface area contributed by atoms with E-state index in [-0.39, 0.29) is 5.41 Å². The SMILES string of the molecule is CC(C)(C)c1ccc(/C=N/S(=O)(=O)F)cc1. The van der Waals surface area contributed by atoms with E-state index in [4.69, 9.17) is 0 Å². The van der Waals surface area contributed by atoms with Crippen molar-refractivity contribution < 1.29 is 12.3 Å². The van der Waals surface area contributed by atoms with Gasteiger partial charge in [0.15, 0.2) is 0 Å². The van der Waals surface area contributed by atoms with Gasteiger partial charge in [-0.3, -0.25) is 0 Å². The summed E-state index contributed by atoms with van der Waals surface area (Å²) in [5, 5.41) is 0. The maximum atomic E-state index is 12.1. The number of nitrogens with zero attached hydrogens (tertiary/aromatic N) is 1. The molecule has 0 amide bonds. The molecule has 88 valence electrons. The van der Waals surface area contributed by atoms with Crippen molar-refractivity contribution in [3.8, 4) is 0 Å². The summed E-state index contributed by atoms with van der Waals surface area (Å²) in [4.78, 5) is 0. The lowest BCUT2D eigenvalue weighted by Gasteiger charge is -2.18. The molecule has 0 radical (unpaired) electrons. The first kappa shape index (κ1) is 12.8. The minimum atomic E-state index is -4.79. The predicted octanol–water partition coefficient (Wildman–Crippen LogP) is 2.62.